The van der Waals surface area contributed by atoms with E-state index < -0.39 is 0 Å². The van der Waals surface area contributed by atoms with Crippen molar-refractivity contribution in [2.45, 2.75) is 0 Å². The molecule has 2 aromatic heterocycles. The van der Waals surface area contributed by atoms with Gasteiger partial charge in [0.1, 0.15) is 17.0 Å². The molecule has 4 rings (SSSR count). The molecule has 2 heterocycles. The number of aromatic nitrogens is 2. The maximum Gasteiger partial charge on any atom is 0.142 e. The molecule has 0 spiro atoms. The average Bonchev–Trinajstić information content (AvgIpc) is 3.08. The molecule has 24 heavy (non-hydrogen) atoms. The van der Waals surface area contributed by atoms with Gasteiger partial charge in [0.2, 0.25) is 0 Å². The van der Waals surface area contributed by atoms with Crippen molar-refractivity contribution in [2.75, 3.05) is 5.32 Å². The summed E-state index contributed by atoms with van der Waals surface area (Å²) in [4.78, 5) is 10.8. The van der Waals surface area contributed by atoms with E-state index in [1.54, 1.807) is 29.8 Å². The van der Waals surface area contributed by atoms with Gasteiger partial charge in [-0.25, -0.2) is 9.97 Å². The summed E-state index contributed by atoms with van der Waals surface area (Å²) in [5.41, 5.74) is 2.61. The Morgan fingerprint density at radius 3 is 2.67 bits per heavy atom. The van der Waals surface area contributed by atoms with Crippen molar-refractivity contribution >= 4 is 33.1 Å². The fraction of sp³-hybridized carbons (Fsp3) is 0. The van der Waals surface area contributed by atoms with Crippen LogP contribution in [0.2, 0.25) is 0 Å². The van der Waals surface area contributed by atoms with Crippen molar-refractivity contribution in [3.05, 3.63) is 72.6 Å². The molecule has 2 aromatic carbocycles. The Balaban J connectivity index is 1.76. The molecule has 0 atom stereocenters. The summed E-state index contributed by atoms with van der Waals surface area (Å²) >= 11 is 1.64. The number of nitrogens with one attached hydrogen (secondary N) is 1. The predicted octanol–water partition coefficient (Wildman–Crippen LogP) is 4.97. The lowest BCUT2D eigenvalue weighted by Crippen LogP contribution is -1.94. The third-order valence-electron chi connectivity index (χ3n) is 3.64. The second-order valence-electron chi connectivity index (χ2n) is 5.24. The molecule has 4 aromatic rings. The molecular formula is C19H12N4S. The van der Waals surface area contributed by atoms with Crippen LogP contribution in [0.15, 0.2) is 67.0 Å². The summed E-state index contributed by atoms with van der Waals surface area (Å²) in [7, 11) is 0. The number of anilines is 2. The highest BCUT2D eigenvalue weighted by molar-refractivity contribution is 7.21. The second kappa shape index (κ2) is 6.11. The van der Waals surface area contributed by atoms with Gasteiger partial charge in [0.25, 0.3) is 0 Å². The normalized spacial score (nSPS) is 10.5. The third kappa shape index (κ3) is 2.71. The van der Waals surface area contributed by atoms with Gasteiger partial charge in [-0.1, -0.05) is 36.4 Å². The highest BCUT2D eigenvalue weighted by atomic mass is 32.1. The van der Waals surface area contributed by atoms with E-state index in [2.05, 4.69) is 39.6 Å². The molecule has 0 aliphatic rings. The van der Waals surface area contributed by atoms with Gasteiger partial charge < -0.3 is 5.32 Å². The first-order chi connectivity index (χ1) is 11.8. The standard InChI is InChI=1S/C19H12N4S/c20-11-13-5-4-8-15(9-13)23-18-16-10-17(14-6-2-1-3-7-14)24-19(16)22-12-21-18/h1-10,12H,(H,21,22,23). The van der Waals surface area contributed by atoms with E-state index in [0.717, 1.165) is 32.2 Å². The van der Waals surface area contributed by atoms with E-state index in [-0.39, 0.29) is 0 Å². The number of hydrogen-bond acceptors (Lipinski definition) is 5. The van der Waals surface area contributed by atoms with Crippen LogP contribution in [0.3, 0.4) is 0 Å². The minimum absolute atomic E-state index is 0.612. The Bertz CT molecular complexity index is 1050. The lowest BCUT2D eigenvalue weighted by atomic mass is 10.2. The fourth-order valence-corrected chi connectivity index (χ4v) is 3.51. The van der Waals surface area contributed by atoms with E-state index in [1.165, 1.54) is 0 Å². The molecule has 0 radical (unpaired) electrons. The van der Waals surface area contributed by atoms with E-state index in [9.17, 15) is 0 Å². The molecule has 0 unspecified atom stereocenters. The number of thiophene rings is 1. The van der Waals surface area contributed by atoms with Crippen molar-refractivity contribution in [3.63, 3.8) is 0 Å². The lowest BCUT2D eigenvalue weighted by Gasteiger charge is -2.06. The van der Waals surface area contributed by atoms with E-state index in [1.807, 2.05) is 30.3 Å². The monoisotopic (exact) mass is 328 g/mol. The summed E-state index contributed by atoms with van der Waals surface area (Å²) in [5.74, 6) is 0.744. The Labute approximate surface area is 143 Å². The molecule has 114 valence electrons. The van der Waals surface area contributed by atoms with Gasteiger partial charge in [-0.15, -0.1) is 11.3 Å². The minimum Gasteiger partial charge on any atom is -0.340 e. The molecule has 0 saturated carbocycles. The SMILES string of the molecule is N#Cc1cccc(Nc2ncnc3sc(-c4ccccc4)cc23)c1. The highest BCUT2D eigenvalue weighted by Crippen LogP contribution is 2.35. The van der Waals surface area contributed by atoms with Crippen LogP contribution in [-0.4, -0.2) is 9.97 Å². The summed E-state index contributed by atoms with van der Waals surface area (Å²) in [6, 6.07) is 21.8. The van der Waals surface area contributed by atoms with Crippen LogP contribution in [0.1, 0.15) is 5.56 Å². The van der Waals surface area contributed by atoms with Crippen molar-refractivity contribution in [3.8, 4) is 16.5 Å². The van der Waals surface area contributed by atoms with Gasteiger partial charge in [0.15, 0.2) is 0 Å². The number of nitrogens with zero attached hydrogens (tertiary/aromatic N) is 3. The lowest BCUT2D eigenvalue weighted by molar-refractivity contribution is 1.23. The molecule has 0 bridgehead atoms. The Morgan fingerprint density at radius 2 is 1.83 bits per heavy atom. The van der Waals surface area contributed by atoms with Gasteiger partial charge in [0, 0.05) is 10.6 Å². The van der Waals surface area contributed by atoms with E-state index in [0.29, 0.717) is 5.56 Å². The first-order valence-corrected chi connectivity index (χ1v) is 8.22. The Kier molecular flexibility index (Phi) is 3.66. The van der Waals surface area contributed by atoms with Gasteiger partial charge >= 0.3 is 0 Å². The van der Waals surface area contributed by atoms with Crippen LogP contribution in [0.25, 0.3) is 20.7 Å². The Hall–Kier alpha value is -3.23. The summed E-state index contributed by atoms with van der Waals surface area (Å²) in [6.45, 7) is 0. The Morgan fingerprint density at radius 1 is 0.958 bits per heavy atom. The van der Waals surface area contributed by atoms with Crippen molar-refractivity contribution in [1.82, 2.24) is 9.97 Å². The molecule has 1 N–H and O–H groups in total. The number of nitriles is 1. The van der Waals surface area contributed by atoms with E-state index >= 15 is 0 Å². The van der Waals surface area contributed by atoms with E-state index in [4.69, 9.17) is 5.26 Å². The smallest absolute Gasteiger partial charge is 0.142 e. The van der Waals surface area contributed by atoms with Gasteiger partial charge in [0.05, 0.1) is 17.0 Å². The maximum atomic E-state index is 9.03. The van der Waals surface area contributed by atoms with Crippen LogP contribution in [0, 0.1) is 11.3 Å². The topological polar surface area (TPSA) is 61.6 Å². The summed E-state index contributed by atoms with van der Waals surface area (Å²) in [6.07, 6.45) is 1.56. The number of hydrogen-bond donors (Lipinski definition) is 1. The average molecular weight is 328 g/mol. The molecule has 0 saturated heterocycles. The van der Waals surface area contributed by atoms with Crippen molar-refractivity contribution in [2.24, 2.45) is 0 Å². The number of rotatable bonds is 3. The molecule has 0 amide bonds. The zero-order chi connectivity index (χ0) is 16.4. The van der Waals surface area contributed by atoms with Crippen LogP contribution in [0.4, 0.5) is 11.5 Å². The van der Waals surface area contributed by atoms with Gasteiger partial charge in [-0.3, -0.25) is 0 Å². The first-order valence-electron chi connectivity index (χ1n) is 7.40. The second-order valence-corrected chi connectivity index (χ2v) is 6.27. The first kappa shape index (κ1) is 14.4. The highest BCUT2D eigenvalue weighted by Gasteiger charge is 2.10. The van der Waals surface area contributed by atoms with Crippen LogP contribution < -0.4 is 5.32 Å². The quantitative estimate of drug-likeness (QED) is 0.576. The molecule has 4 nitrogen and oxygen atoms in total. The number of benzene rings is 2. The van der Waals surface area contributed by atoms with Crippen molar-refractivity contribution < 1.29 is 0 Å². The predicted molar refractivity (Wildman–Crippen MR) is 97.3 cm³/mol. The fourth-order valence-electron chi connectivity index (χ4n) is 2.50. The van der Waals surface area contributed by atoms with Crippen LogP contribution >= 0.6 is 11.3 Å². The summed E-state index contributed by atoms with van der Waals surface area (Å²) in [5, 5.41) is 13.3. The minimum atomic E-state index is 0.612. The molecule has 0 aliphatic carbocycles. The van der Waals surface area contributed by atoms with Gasteiger partial charge in [-0.2, -0.15) is 5.26 Å². The van der Waals surface area contributed by atoms with Crippen LogP contribution in [0.5, 0.6) is 0 Å². The van der Waals surface area contributed by atoms with Crippen molar-refractivity contribution in [1.29, 1.82) is 5.26 Å². The van der Waals surface area contributed by atoms with Crippen LogP contribution in [-0.2, 0) is 0 Å². The molecular weight excluding hydrogens is 316 g/mol. The largest absolute Gasteiger partial charge is 0.340 e. The zero-order valence-corrected chi connectivity index (χ0v) is 13.4. The van der Waals surface area contributed by atoms with Gasteiger partial charge in [-0.05, 0) is 29.8 Å². The summed E-state index contributed by atoms with van der Waals surface area (Å²) < 4.78 is 0. The molecule has 0 aliphatic heterocycles. The third-order valence-corrected chi connectivity index (χ3v) is 4.73. The molecule has 5 heteroatoms. The molecule has 0 fully saturated rings. The maximum absolute atomic E-state index is 9.03. The zero-order valence-electron chi connectivity index (χ0n) is 12.6. The number of fused-ring (bicyclic) bond motifs is 1.